The Morgan fingerprint density at radius 3 is 2.26 bits per heavy atom. The lowest BCUT2D eigenvalue weighted by molar-refractivity contribution is -0.143. The SMILES string of the molecule is CN(C(=O)c1nn(C)cc1NC(=O)OCC1c2ccccc2-c2ccccc21)C1(C(=O)O)CC1. The number of nitrogens with one attached hydrogen (secondary N) is 1. The maximum absolute atomic E-state index is 13.0. The molecule has 2 amide bonds. The summed E-state index contributed by atoms with van der Waals surface area (Å²) in [6, 6.07) is 16.1. The van der Waals surface area contributed by atoms with Crippen LogP contribution in [0.3, 0.4) is 0 Å². The zero-order valence-corrected chi connectivity index (χ0v) is 18.8. The number of aromatic nitrogens is 2. The number of benzene rings is 2. The van der Waals surface area contributed by atoms with Gasteiger partial charge in [0.2, 0.25) is 0 Å². The van der Waals surface area contributed by atoms with Crippen molar-refractivity contribution in [2.75, 3.05) is 19.0 Å². The molecule has 0 unspecified atom stereocenters. The van der Waals surface area contributed by atoms with Gasteiger partial charge in [-0.3, -0.25) is 14.8 Å². The molecule has 1 aromatic heterocycles. The average molecular weight is 460 g/mol. The summed E-state index contributed by atoms with van der Waals surface area (Å²) >= 11 is 0. The van der Waals surface area contributed by atoms with Gasteiger partial charge >= 0.3 is 12.1 Å². The maximum Gasteiger partial charge on any atom is 0.411 e. The fourth-order valence-corrected chi connectivity index (χ4v) is 4.65. The lowest BCUT2D eigenvalue weighted by Gasteiger charge is -2.24. The van der Waals surface area contributed by atoms with E-state index in [1.807, 2.05) is 36.4 Å². The van der Waals surface area contributed by atoms with E-state index in [2.05, 4.69) is 22.5 Å². The van der Waals surface area contributed by atoms with Gasteiger partial charge in [-0.2, -0.15) is 5.10 Å². The second-order valence-corrected chi connectivity index (χ2v) is 8.72. The minimum Gasteiger partial charge on any atom is -0.479 e. The molecule has 9 heteroatoms. The molecule has 0 atom stereocenters. The third kappa shape index (κ3) is 3.49. The first-order chi connectivity index (χ1) is 16.3. The molecule has 5 rings (SSSR count). The number of carboxylic acids is 1. The van der Waals surface area contributed by atoms with E-state index in [-0.39, 0.29) is 23.9 Å². The van der Waals surface area contributed by atoms with Crippen molar-refractivity contribution in [3.05, 3.63) is 71.5 Å². The van der Waals surface area contributed by atoms with Gasteiger partial charge in [0.25, 0.3) is 5.91 Å². The Morgan fingerprint density at radius 2 is 1.71 bits per heavy atom. The number of rotatable bonds is 6. The van der Waals surface area contributed by atoms with Crippen LogP contribution in [0.25, 0.3) is 11.1 Å². The Morgan fingerprint density at radius 1 is 1.12 bits per heavy atom. The molecule has 0 saturated heterocycles. The van der Waals surface area contributed by atoms with Gasteiger partial charge in [0.05, 0.1) is 5.69 Å². The predicted octanol–water partition coefficient (Wildman–Crippen LogP) is 3.47. The van der Waals surface area contributed by atoms with Crippen molar-refractivity contribution in [3.63, 3.8) is 0 Å². The fraction of sp³-hybridized carbons (Fsp3) is 0.280. The predicted molar refractivity (Wildman–Crippen MR) is 124 cm³/mol. The van der Waals surface area contributed by atoms with Gasteiger partial charge in [-0.05, 0) is 35.1 Å². The molecule has 0 aliphatic heterocycles. The molecule has 3 aromatic rings. The molecular weight excluding hydrogens is 436 g/mol. The molecular formula is C25H24N4O5. The highest BCUT2D eigenvalue weighted by molar-refractivity contribution is 6.03. The zero-order chi connectivity index (χ0) is 24.0. The van der Waals surface area contributed by atoms with Crippen molar-refractivity contribution in [1.82, 2.24) is 14.7 Å². The fourth-order valence-electron chi connectivity index (χ4n) is 4.65. The second-order valence-electron chi connectivity index (χ2n) is 8.72. The summed E-state index contributed by atoms with van der Waals surface area (Å²) in [6.45, 7) is 0.130. The highest BCUT2D eigenvalue weighted by Crippen LogP contribution is 2.44. The van der Waals surface area contributed by atoms with Crippen LogP contribution in [0.2, 0.25) is 0 Å². The number of carbonyl (C=O) groups excluding carboxylic acids is 2. The van der Waals surface area contributed by atoms with E-state index in [4.69, 9.17) is 4.74 Å². The van der Waals surface area contributed by atoms with Gasteiger partial charge in [0, 0.05) is 26.2 Å². The van der Waals surface area contributed by atoms with Gasteiger partial charge < -0.3 is 14.7 Å². The standard InChI is InChI=1S/C25H24N4O5/c1-28-13-20(21(27-28)22(30)29(2)25(11-12-25)23(31)32)26-24(33)34-14-19-17-9-5-3-7-15(17)16-8-4-6-10-18(16)19/h3-10,13,19H,11-12,14H2,1-2H3,(H,26,33)(H,31,32). The number of nitrogens with zero attached hydrogens (tertiary/aromatic N) is 3. The van der Waals surface area contributed by atoms with Gasteiger partial charge in [0.15, 0.2) is 5.69 Å². The van der Waals surface area contributed by atoms with Gasteiger partial charge in [-0.15, -0.1) is 0 Å². The van der Waals surface area contributed by atoms with E-state index >= 15 is 0 Å². The van der Waals surface area contributed by atoms with Crippen molar-refractivity contribution in [2.24, 2.45) is 7.05 Å². The number of carbonyl (C=O) groups is 3. The molecule has 1 fully saturated rings. The molecule has 1 saturated carbocycles. The third-order valence-corrected chi connectivity index (χ3v) is 6.68. The summed E-state index contributed by atoms with van der Waals surface area (Å²) in [7, 11) is 3.05. The van der Waals surface area contributed by atoms with E-state index in [1.54, 1.807) is 7.05 Å². The number of hydrogen-bond acceptors (Lipinski definition) is 5. The first-order valence-corrected chi connectivity index (χ1v) is 11.0. The normalized spacial score (nSPS) is 15.2. The number of ether oxygens (including phenoxy) is 1. The lowest BCUT2D eigenvalue weighted by atomic mass is 9.98. The summed E-state index contributed by atoms with van der Waals surface area (Å²) in [5.41, 5.74) is 3.36. The van der Waals surface area contributed by atoms with Crippen molar-refractivity contribution >= 4 is 23.7 Å². The summed E-state index contributed by atoms with van der Waals surface area (Å²) in [6.07, 6.45) is 1.54. The molecule has 174 valence electrons. The number of carboxylic acid groups (broad SMARTS) is 1. The lowest BCUT2D eigenvalue weighted by Crippen LogP contribution is -2.45. The number of likely N-dealkylation sites (N-methyl/N-ethyl adjacent to an activating group) is 1. The van der Waals surface area contributed by atoms with Crippen LogP contribution in [-0.2, 0) is 16.6 Å². The van der Waals surface area contributed by atoms with Gasteiger partial charge in [-0.1, -0.05) is 48.5 Å². The molecule has 0 spiro atoms. The number of fused-ring (bicyclic) bond motifs is 3. The summed E-state index contributed by atoms with van der Waals surface area (Å²) < 4.78 is 6.95. The first kappa shape index (κ1) is 21.7. The Hall–Kier alpha value is -4.14. The average Bonchev–Trinajstić information content (AvgIpc) is 3.48. The Kier molecular flexibility index (Phi) is 5.11. The number of amides is 2. The number of aryl methyl sites for hydroxylation is 1. The smallest absolute Gasteiger partial charge is 0.411 e. The van der Waals surface area contributed by atoms with Crippen LogP contribution in [0.15, 0.2) is 54.7 Å². The van der Waals surface area contributed by atoms with Crippen LogP contribution in [0.1, 0.15) is 40.4 Å². The van der Waals surface area contributed by atoms with Crippen LogP contribution in [-0.4, -0.2) is 57.0 Å². The summed E-state index contributed by atoms with van der Waals surface area (Å²) in [5, 5.41) is 16.2. The minimum atomic E-state index is -1.21. The van der Waals surface area contributed by atoms with E-state index in [1.165, 1.54) is 22.8 Å². The van der Waals surface area contributed by atoms with Crippen LogP contribution in [0.4, 0.5) is 10.5 Å². The second kappa shape index (κ2) is 8.02. The van der Waals surface area contributed by atoms with Crippen LogP contribution in [0.5, 0.6) is 0 Å². The molecule has 0 radical (unpaired) electrons. The van der Waals surface area contributed by atoms with Crippen molar-refractivity contribution in [2.45, 2.75) is 24.3 Å². The largest absolute Gasteiger partial charge is 0.479 e. The molecule has 2 aliphatic rings. The molecule has 2 aromatic carbocycles. The van der Waals surface area contributed by atoms with E-state index in [9.17, 15) is 19.5 Å². The van der Waals surface area contributed by atoms with Crippen molar-refractivity contribution < 1.29 is 24.2 Å². The third-order valence-electron chi connectivity index (χ3n) is 6.68. The van der Waals surface area contributed by atoms with E-state index < -0.39 is 23.5 Å². The first-order valence-electron chi connectivity index (χ1n) is 11.0. The molecule has 34 heavy (non-hydrogen) atoms. The number of aliphatic carboxylic acids is 1. The summed E-state index contributed by atoms with van der Waals surface area (Å²) in [5.74, 6) is -1.72. The Bertz CT molecular complexity index is 1260. The molecule has 1 heterocycles. The monoisotopic (exact) mass is 460 g/mol. The quantitative estimate of drug-likeness (QED) is 0.582. The maximum atomic E-state index is 13.0. The highest BCUT2D eigenvalue weighted by Gasteiger charge is 2.56. The Balaban J connectivity index is 1.30. The number of hydrogen-bond donors (Lipinski definition) is 2. The summed E-state index contributed by atoms with van der Waals surface area (Å²) in [4.78, 5) is 38.4. The van der Waals surface area contributed by atoms with E-state index in [0.717, 1.165) is 22.3 Å². The van der Waals surface area contributed by atoms with Gasteiger partial charge in [0.1, 0.15) is 12.1 Å². The molecule has 2 N–H and O–H groups in total. The molecule has 9 nitrogen and oxygen atoms in total. The minimum absolute atomic E-state index is 0.0361. The highest BCUT2D eigenvalue weighted by atomic mass is 16.5. The van der Waals surface area contributed by atoms with Crippen molar-refractivity contribution in [3.8, 4) is 11.1 Å². The van der Waals surface area contributed by atoms with Crippen LogP contribution < -0.4 is 5.32 Å². The molecule has 2 aliphatic carbocycles. The number of anilines is 1. The van der Waals surface area contributed by atoms with Crippen molar-refractivity contribution in [1.29, 1.82) is 0 Å². The zero-order valence-electron chi connectivity index (χ0n) is 18.8. The topological polar surface area (TPSA) is 114 Å². The molecule has 0 bridgehead atoms. The van der Waals surface area contributed by atoms with Gasteiger partial charge in [-0.25, -0.2) is 9.59 Å². The van der Waals surface area contributed by atoms with Crippen LogP contribution >= 0.6 is 0 Å². The van der Waals surface area contributed by atoms with Crippen LogP contribution in [0, 0.1) is 0 Å². The van der Waals surface area contributed by atoms with E-state index in [0.29, 0.717) is 12.8 Å². The Labute approximate surface area is 195 Å².